The summed E-state index contributed by atoms with van der Waals surface area (Å²) in [6.07, 6.45) is 0.335. The van der Waals surface area contributed by atoms with E-state index in [-0.39, 0.29) is 17.7 Å². The van der Waals surface area contributed by atoms with Crippen LogP contribution in [0.3, 0.4) is 0 Å². The number of methoxy groups -OCH3 is 1. The zero-order chi connectivity index (χ0) is 16.8. The summed E-state index contributed by atoms with van der Waals surface area (Å²) in [6.45, 7) is 3.56. The summed E-state index contributed by atoms with van der Waals surface area (Å²) in [6, 6.07) is 2.59. The molecule has 5 nitrogen and oxygen atoms in total. The number of rotatable bonds is 5. The van der Waals surface area contributed by atoms with Crippen LogP contribution in [0.15, 0.2) is 18.2 Å². The Morgan fingerprint density at radius 2 is 2.30 bits per heavy atom. The zero-order valence-electron chi connectivity index (χ0n) is 13.4. The number of amides is 2. The van der Waals surface area contributed by atoms with Gasteiger partial charge in [0.05, 0.1) is 31.9 Å². The molecule has 1 aliphatic heterocycles. The van der Waals surface area contributed by atoms with Crippen molar-refractivity contribution in [2.45, 2.75) is 25.5 Å². The first-order valence-corrected chi connectivity index (χ1v) is 7.66. The van der Waals surface area contributed by atoms with Gasteiger partial charge in [0.15, 0.2) is 0 Å². The Morgan fingerprint density at radius 3 is 2.96 bits per heavy atom. The van der Waals surface area contributed by atoms with Gasteiger partial charge in [0.1, 0.15) is 11.6 Å². The molecule has 0 spiro atoms. The Morgan fingerprint density at radius 1 is 1.52 bits per heavy atom. The molecular weight excluding hydrogens is 306 g/mol. The van der Waals surface area contributed by atoms with Gasteiger partial charge in [-0.05, 0) is 12.5 Å². The quantitative estimate of drug-likeness (QED) is 0.903. The number of carbonyl (C=O) groups excluding carboxylic acids is 1. The molecule has 0 radical (unpaired) electrons. The van der Waals surface area contributed by atoms with Crippen molar-refractivity contribution >= 4 is 6.03 Å². The Bertz CT molecular complexity index is 540. The Labute approximate surface area is 134 Å². The minimum Gasteiger partial charge on any atom is -0.382 e. The van der Waals surface area contributed by atoms with Crippen LogP contribution in [0.5, 0.6) is 0 Å². The van der Waals surface area contributed by atoms with Crippen molar-refractivity contribution in [3.05, 3.63) is 35.4 Å². The van der Waals surface area contributed by atoms with Crippen molar-refractivity contribution in [2.75, 3.05) is 33.4 Å². The summed E-state index contributed by atoms with van der Waals surface area (Å²) in [5, 5.41) is 2.80. The standard InChI is InChI=1S/C16H22F2N2O3/c1-3-15(13-5-4-11(17)8-14(13)18)19-16(21)20-6-7-23-12(9-20)10-22-2/h4-5,8,12,15H,3,6-7,9-10H2,1-2H3,(H,19,21)/t12-,15-/m0/s1. The lowest BCUT2D eigenvalue weighted by Crippen LogP contribution is -2.51. The van der Waals surface area contributed by atoms with Gasteiger partial charge in [0, 0.05) is 25.3 Å². The number of ether oxygens (including phenoxy) is 2. The second-order valence-corrected chi connectivity index (χ2v) is 5.47. The normalized spacial score (nSPS) is 19.5. The van der Waals surface area contributed by atoms with Crippen LogP contribution in [0.2, 0.25) is 0 Å². The summed E-state index contributed by atoms with van der Waals surface area (Å²) < 4.78 is 37.5. The van der Waals surface area contributed by atoms with Crippen LogP contribution in [-0.2, 0) is 9.47 Å². The summed E-state index contributed by atoms with van der Waals surface area (Å²) in [4.78, 5) is 14.0. The zero-order valence-corrected chi connectivity index (χ0v) is 13.4. The highest BCUT2D eigenvalue weighted by Crippen LogP contribution is 2.21. The van der Waals surface area contributed by atoms with E-state index in [1.54, 1.807) is 12.0 Å². The number of hydrogen-bond acceptors (Lipinski definition) is 3. The van der Waals surface area contributed by atoms with Gasteiger partial charge in [0.2, 0.25) is 0 Å². The number of carbonyl (C=O) groups is 1. The fourth-order valence-corrected chi connectivity index (χ4v) is 2.61. The van der Waals surface area contributed by atoms with Crippen LogP contribution < -0.4 is 5.32 Å². The molecule has 1 heterocycles. The summed E-state index contributed by atoms with van der Waals surface area (Å²) in [5.41, 5.74) is 0.281. The van der Waals surface area contributed by atoms with Crippen LogP contribution in [0.4, 0.5) is 13.6 Å². The number of halogens is 2. The molecule has 2 amide bonds. The maximum atomic E-state index is 13.9. The van der Waals surface area contributed by atoms with Gasteiger partial charge in [-0.1, -0.05) is 13.0 Å². The third-order valence-corrected chi connectivity index (χ3v) is 3.82. The van der Waals surface area contributed by atoms with Crippen molar-refractivity contribution < 1.29 is 23.0 Å². The van der Waals surface area contributed by atoms with Crippen LogP contribution >= 0.6 is 0 Å². The molecule has 23 heavy (non-hydrogen) atoms. The highest BCUT2D eigenvalue weighted by Gasteiger charge is 2.26. The SMILES string of the molecule is CC[C@H](NC(=O)N1CCO[C@H](COC)C1)c1ccc(F)cc1F. The van der Waals surface area contributed by atoms with Crippen molar-refractivity contribution in [3.8, 4) is 0 Å². The molecule has 1 aliphatic rings. The number of urea groups is 1. The molecule has 1 saturated heterocycles. The predicted molar refractivity (Wildman–Crippen MR) is 81.1 cm³/mol. The van der Waals surface area contributed by atoms with Crippen LogP contribution in [0.25, 0.3) is 0 Å². The van der Waals surface area contributed by atoms with Gasteiger partial charge in [-0.2, -0.15) is 0 Å². The van der Waals surface area contributed by atoms with Gasteiger partial charge in [-0.15, -0.1) is 0 Å². The monoisotopic (exact) mass is 328 g/mol. The lowest BCUT2D eigenvalue weighted by atomic mass is 10.0. The van der Waals surface area contributed by atoms with Gasteiger partial charge in [-0.25, -0.2) is 13.6 Å². The van der Waals surface area contributed by atoms with E-state index in [1.807, 2.05) is 6.92 Å². The Balaban J connectivity index is 2.01. The molecule has 2 atom stereocenters. The average molecular weight is 328 g/mol. The molecule has 1 fully saturated rings. The largest absolute Gasteiger partial charge is 0.382 e. The lowest BCUT2D eigenvalue weighted by Gasteiger charge is -2.33. The van der Waals surface area contributed by atoms with Crippen LogP contribution in [0.1, 0.15) is 24.9 Å². The van der Waals surface area contributed by atoms with Crippen molar-refractivity contribution in [3.63, 3.8) is 0 Å². The molecule has 0 saturated carbocycles. The highest BCUT2D eigenvalue weighted by molar-refractivity contribution is 5.75. The van der Waals surface area contributed by atoms with Crippen molar-refractivity contribution in [1.29, 1.82) is 0 Å². The molecule has 7 heteroatoms. The molecule has 1 N–H and O–H groups in total. The van der Waals surface area contributed by atoms with E-state index in [1.165, 1.54) is 12.1 Å². The first-order valence-electron chi connectivity index (χ1n) is 7.66. The van der Waals surface area contributed by atoms with E-state index in [0.717, 1.165) is 6.07 Å². The van der Waals surface area contributed by atoms with E-state index in [2.05, 4.69) is 5.32 Å². The van der Waals surface area contributed by atoms with E-state index >= 15 is 0 Å². The number of morpholine rings is 1. The van der Waals surface area contributed by atoms with E-state index in [0.29, 0.717) is 32.7 Å². The Kier molecular flexibility index (Phi) is 6.29. The average Bonchev–Trinajstić information content (AvgIpc) is 2.53. The van der Waals surface area contributed by atoms with E-state index in [4.69, 9.17) is 9.47 Å². The molecule has 1 aromatic rings. The second kappa shape index (κ2) is 8.21. The maximum Gasteiger partial charge on any atom is 0.318 e. The highest BCUT2D eigenvalue weighted by atomic mass is 19.1. The second-order valence-electron chi connectivity index (χ2n) is 5.47. The fraction of sp³-hybridized carbons (Fsp3) is 0.562. The molecule has 1 aromatic carbocycles. The van der Waals surface area contributed by atoms with Crippen molar-refractivity contribution in [1.82, 2.24) is 10.2 Å². The first kappa shape index (κ1) is 17.6. The third-order valence-electron chi connectivity index (χ3n) is 3.82. The minimum absolute atomic E-state index is 0.165. The smallest absolute Gasteiger partial charge is 0.318 e. The third kappa shape index (κ3) is 4.62. The van der Waals surface area contributed by atoms with Gasteiger partial charge in [-0.3, -0.25) is 0 Å². The molecule has 0 aromatic heterocycles. The molecule has 0 aliphatic carbocycles. The van der Waals surface area contributed by atoms with Gasteiger partial charge >= 0.3 is 6.03 Å². The molecule has 0 unspecified atom stereocenters. The first-order chi connectivity index (χ1) is 11.0. The van der Waals surface area contributed by atoms with Crippen molar-refractivity contribution in [2.24, 2.45) is 0 Å². The number of benzene rings is 1. The van der Waals surface area contributed by atoms with Crippen LogP contribution in [-0.4, -0.2) is 50.4 Å². The molecular formula is C16H22F2N2O3. The number of nitrogens with one attached hydrogen (secondary N) is 1. The summed E-state index contributed by atoms with van der Waals surface area (Å²) in [5.74, 6) is -1.29. The minimum atomic E-state index is -0.656. The summed E-state index contributed by atoms with van der Waals surface area (Å²) >= 11 is 0. The van der Waals surface area contributed by atoms with E-state index in [9.17, 15) is 13.6 Å². The lowest BCUT2D eigenvalue weighted by molar-refractivity contribution is -0.0496. The Hall–Kier alpha value is -1.73. The molecule has 128 valence electrons. The maximum absolute atomic E-state index is 13.9. The van der Waals surface area contributed by atoms with Gasteiger partial charge < -0.3 is 19.7 Å². The number of nitrogens with zero attached hydrogens (tertiary/aromatic N) is 1. The molecule has 0 bridgehead atoms. The molecule has 2 rings (SSSR count). The summed E-state index contributed by atoms with van der Waals surface area (Å²) in [7, 11) is 1.58. The fourth-order valence-electron chi connectivity index (χ4n) is 2.61. The predicted octanol–water partition coefficient (Wildman–Crippen LogP) is 2.47. The van der Waals surface area contributed by atoms with Crippen LogP contribution in [0, 0.1) is 11.6 Å². The topological polar surface area (TPSA) is 50.8 Å². The number of hydrogen-bond donors (Lipinski definition) is 1. The van der Waals surface area contributed by atoms with Gasteiger partial charge in [0.25, 0.3) is 0 Å². The van der Waals surface area contributed by atoms with E-state index < -0.39 is 17.7 Å².